The van der Waals surface area contributed by atoms with Gasteiger partial charge in [0.05, 0.1) is 23.1 Å². The van der Waals surface area contributed by atoms with E-state index in [1.54, 1.807) is 31.2 Å². The zero-order valence-electron chi connectivity index (χ0n) is 10.7. The van der Waals surface area contributed by atoms with Crippen molar-refractivity contribution in [3.8, 4) is 6.07 Å². The van der Waals surface area contributed by atoms with Crippen LogP contribution < -0.4 is 5.56 Å². The molecule has 0 amide bonds. The van der Waals surface area contributed by atoms with Gasteiger partial charge in [-0.15, -0.1) is 0 Å². The Labute approximate surface area is 114 Å². The highest BCUT2D eigenvalue weighted by Gasteiger charge is 2.16. The van der Waals surface area contributed by atoms with Crippen LogP contribution in [-0.4, -0.2) is 9.49 Å². The molecular weight excluding hydrogens is 258 g/mol. The summed E-state index contributed by atoms with van der Waals surface area (Å²) in [6, 6.07) is 11.6. The van der Waals surface area contributed by atoms with Crippen molar-refractivity contribution in [2.45, 2.75) is 13.5 Å². The van der Waals surface area contributed by atoms with Gasteiger partial charge in [-0.3, -0.25) is 14.9 Å². The van der Waals surface area contributed by atoms with Gasteiger partial charge in [0.15, 0.2) is 0 Å². The van der Waals surface area contributed by atoms with Gasteiger partial charge < -0.3 is 4.57 Å². The minimum absolute atomic E-state index is 0.135. The molecule has 1 aromatic heterocycles. The predicted molar refractivity (Wildman–Crippen MR) is 72.4 cm³/mol. The van der Waals surface area contributed by atoms with Crippen LogP contribution in [0.3, 0.4) is 0 Å². The van der Waals surface area contributed by atoms with Crippen LogP contribution in [-0.2, 0) is 6.54 Å². The minimum Gasteiger partial charge on any atom is -0.303 e. The van der Waals surface area contributed by atoms with Gasteiger partial charge in [-0.25, -0.2) is 0 Å². The van der Waals surface area contributed by atoms with Crippen molar-refractivity contribution >= 4 is 5.69 Å². The summed E-state index contributed by atoms with van der Waals surface area (Å²) in [6.07, 6.45) is 0. The monoisotopic (exact) mass is 269 g/mol. The van der Waals surface area contributed by atoms with E-state index < -0.39 is 16.2 Å². The standard InChI is InChI=1S/C14H11N3O3/c1-10-6-7-13(17(19)20)14(18)16(10)9-12-5-3-2-4-11(12)8-15/h2-7H,9H2,1H3. The summed E-state index contributed by atoms with van der Waals surface area (Å²) in [6.45, 7) is 1.83. The first-order chi connectivity index (χ1) is 9.54. The third-order valence-corrected chi connectivity index (χ3v) is 3.04. The zero-order chi connectivity index (χ0) is 14.7. The number of pyridine rings is 1. The van der Waals surface area contributed by atoms with Crippen LogP contribution >= 0.6 is 0 Å². The Kier molecular flexibility index (Phi) is 3.62. The van der Waals surface area contributed by atoms with Crippen LogP contribution in [0, 0.1) is 28.4 Å². The lowest BCUT2D eigenvalue weighted by atomic mass is 10.1. The molecule has 6 heteroatoms. The van der Waals surface area contributed by atoms with E-state index in [0.717, 1.165) is 0 Å². The summed E-state index contributed by atoms with van der Waals surface area (Å²) >= 11 is 0. The number of nitro groups is 1. The van der Waals surface area contributed by atoms with E-state index in [1.165, 1.54) is 16.7 Å². The normalized spacial score (nSPS) is 10.0. The molecule has 0 aliphatic heterocycles. The van der Waals surface area contributed by atoms with Crippen molar-refractivity contribution in [3.63, 3.8) is 0 Å². The summed E-state index contributed by atoms with van der Waals surface area (Å²) in [4.78, 5) is 22.2. The summed E-state index contributed by atoms with van der Waals surface area (Å²) in [5.74, 6) is 0. The summed E-state index contributed by atoms with van der Waals surface area (Å²) < 4.78 is 1.30. The van der Waals surface area contributed by atoms with E-state index in [2.05, 4.69) is 0 Å². The Morgan fingerprint density at radius 1 is 1.30 bits per heavy atom. The molecule has 0 bridgehead atoms. The van der Waals surface area contributed by atoms with E-state index >= 15 is 0 Å². The summed E-state index contributed by atoms with van der Waals surface area (Å²) in [7, 11) is 0. The van der Waals surface area contributed by atoms with E-state index in [0.29, 0.717) is 16.8 Å². The largest absolute Gasteiger partial charge is 0.334 e. The minimum atomic E-state index is -0.700. The smallest absolute Gasteiger partial charge is 0.303 e. The quantitative estimate of drug-likeness (QED) is 0.629. The van der Waals surface area contributed by atoms with Crippen LogP contribution in [0.5, 0.6) is 0 Å². The fraction of sp³-hybridized carbons (Fsp3) is 0.143. The fourth-order valence-corrected chi connectivity index (χ4v) is 1.93. The first kappa shape index (κ1) is 13.5. The average molecular weight is 269 g/mol. The third-order valence-electron chi connectivity index (χ3n) is 3.04. The number of nitrogens with zero attached hydrogens (tertiary/aromatic N) is 3. The highest BCUT2D eigenvalue weighted by molar-refractivity contribution is 5.38. The molecular formula is C14H11N3O3. The number of aryl methyl sites for hydroxylation is 1. The number of nitriles is 1. The van der Waals surface area contributed by atoms with Gasteiger partial charge in [-0.2, -0.15) is 5.26 Å². The number of hydrogen-bond acceptors (Lipinski definition) is 4. The number of benzene rings is 1. The highest BCUT2D eigenvalue weighted by Crippen LogP contribution is 2.12. The number of hydrogen-bond donors (Lipinski definition) is 0. The van der Waals surface area contributed by atoms with E-state index in [9.17, 15) is 14.9 Å². The molecule has 0 aliphatic carbocycles. The second kappa shape index (κ2) is 5.36. The summed E-state index contributed by atoms with van der Waals surface area (Å²) in [5.41, 5.74) is 0.576. The van der Waals surface area contributed by atoms with Crippen LogP contribution in [0.4, 0.5) is 5.69 Å². The molecule has 0 unspecified atom stereocenters. The van der Waals surface area contributed by atoms with Gasteiger partial charge in [-0.1, -0.05) is 18.2 Å². The topological polar surface area (TPSA) is 88.9 Å². The third kappa shape index (κ3) is 2.42. The molecule has 0 atom stereocenters. The first-order valence-corrected chi connectivity index (χ1v) is 5.87. The van der Waals surface area contributed by atoms with E-state index in [-0.39, 0.29) is 6.54 Å². The Balaban J connectivity index is 2.55. The maximum Gasteiger partial charge on any atom is 0.334 e. The lowest BCUT2D eigenvalue weighted by molar-refractivity contribution is -0.386. The lowest BCUT2D eigenvalue weighted by Crippen LogP contribution is -2.25. The van der Waals surface area contributed by atoms with Gasteiger partial charge in [0, 0.05) is 11.8 Å². The predicted octanol–water partition coefficient (Wildman–Crippen LogP) is 1.98. The Bertz CT molecular complexity index is 772. The van der Waals surface area contributed by atoms with Crippen LogP contribution in [0.1, 0.15) is 16.8 Å². The molecule has 0 saturated carbocycles. The summed E-state index contributed by atoms with van der Waals surface area (Å²) in [5, 5.41) is 19.8. The molecule has 2 aromatic rings. The second-order valence-corrected chi connectivity index (χ2v) is 4.28. The van der Waals surface area contributed by atoms with Crippen molar-refractivity contribution in [2.24, 2.45) is 0 Å². The van der Waals surface area contributed by atoms with Gasteiger partial charge in [0.2, 0.25) is 0 Å². The SMILES string of the molecule is Cc1ccc([N+](=O)[O-])c(=O)n1Cc1ccccc1C#N. The molecule has 6 nitrogen and oxygen atoms in total. The molecule has 2 rings (SSSR count). The fourth-order valence-electron chi connectivity index (χ4n) is 1.93. The first-order valence-electron chi connectivity index (χ1n) is 5.87. The van der Waals surface area contributed by atoms with Crippen molar-refractivity contribution < 1.29 is 4.92 Å². The van der Waals surface area contributed by atoms with E-state index in [4.69, 9.17) is 5.26 Å². The van der Waals surface area contributed by atoms with Crippen molar-refractivity contribution in [1.82, 2.24) is 4.57 Å². The van der Waals surface area contributed by atoms with Gasteiger partial charge >= 0.3 is 11.2 Å². The van der Waals surface area contributed by atoms with Crippen molar-refractivity contribution in [3.05, 3.63) is 73.7 Å². The molecule has 1 heterocycles. The van der Waals surface area contributed by atoms with Crippen molar-refractivity contribution in [2.75, 3.05) is 0 Å². The molecule has 100 valence electrons. The molecule has 0 radical (unpaired) electrons. The van der Waals surface area contributed by atoms with Crippen LogP contribution in [0.25, 0.3) is 0 Å². The molecule has 0 N–H and O–H groups in total. The highest BCUT2D eigenvalue weighted by atomic mass is 16.6. The average Bonchev–Trinajstić information content (AvgIpc) is 2.43. The Morgan fingerprint density at radius 2 is 2.00 bits per heavy atom. The number of rotatable bonds is 3. The van der Waals surface area contributed by atoms with Gasteiger partial charge in [0.25, 0.3) is 0 Å². The molecule has 0 fully saturated rings. The molecule has 0 aliphatic rings. The molecule has 1 aromatic carbocycles. The van der Waals surface area contributed by atoms with Gasteiger partial charge in [-0.05, 0) is 24.6 Å². The molecule has 0 saturated heterocycles. The lowest BCUT2D eigenvalue weighted by Gasteiger charge is -2.10. The van der Waals surface area contributed by atoms with Crippen molar-refractivity contribution in [1.29, 1.82) is 5.26 Å². The maximum absolute atomic E-state index is 12.1. The zero-order valence-corrected chi connectivity index (χ0v) is 10.7. The van der Waals surface area contributed by atoms with Gasteiger partial charge in [0.1, 0.15) is 0 Å². The van der Waals surface area contributed by atoms with Crippen LogP contribution in [0.2, 0.25) is 0 Å². The Morgan fingerprint density at radius 3 is 2.65 bits per heavy atom. The second-order valence-electron chi connectivity index (χ2n) is 4.28. The molecule has 0 spiro atoms. The Hall–Kier alpha value is -2.94. The van der Waals surface area contributed by atoms with Crippen LogP contribution in [0.15, 0.2) is 41.2 Å². The van der Waals surface area contributed by atoms with E-state index in [1.807, 2.05) is 6.07 Å². The number of aromatic nitrogens is 1. The maximum atomic E-state index is 12.1. The molecule has 20 heavy (non-hydrogen) atoms.